The lowest BCUT2D eigenvalue weighted by molar-refractivity contribution is 0.0677. The van der Waals surface area contributed by atoms with E-state index in [-0.39, 0.29) is 30.3 Å². The van der Waals surface area contributed by atoms with Crippen molar-refractivity contribution in [2.75, 3.05) is 6.61 Å². The molecule has 1 aliphatic heterocycles. The zero-order chi connectivity index (χ0) is 14.8. The van der Waals surface area contributed by atoms with Crippen molar-refractivity contribution in [1.29, 1.82) is 0 Å². The smallest absolute Gasteiger partial charge is 0.315 e. The van der Waals surface area contributed by atoms with Gasteiger partial charge in [0.25, 0.3) is 0 Å². The molecule has 0 fully saturated rings. The van der Waals surface area contributed by atoms with Crippen LogP contribution in [-0.4, -0.2) is 29.4 Å². The summed E-state index contributed by atoms with van der Waals surface area (Å²) in [5, 5.41) is 14.6. The Morgan fingerprint density at radius 2 is 2.20 bits per heavy atom. The van der Waals surface area contributed by atoms with Crippen LogP contribution in [0.4, 0.5) is 4.79 Å². The van der Waals surface area contributed by atoms with E-state index in [0.29, 0.717) is 6.42 Å². The number of nitrogens with one attached hydrogen (secondary N) is 2. The molecular weight excluding hydrogens is 256 g/mol. The van der Waals surface area contributed by atoms with Crippen molar-refractivity contribution in [3.63, 3.8) is 0 Å². The number of rotatable bonds is 3. The maximum Gasteiger partial charge on any atom is 0.315 e. The van der Waals surface area contributed by atoms with E-state index in [0.717, 1.165) is 11.3 Å². The Bertz CT molecular complexity index is 488. The Balaban J connectivity index is 2.13. The van der Waals surface area contributed by atoms with E-state index in [2.05, 4.69) is 10.6 Å². The summed E-state index contributed by atoms with van der Waals surface area (Å²) in [5.74, 6) is 0.809. The van der Waals surface area contributed by atoms with Gasteiger partial charge in [-0.05, 0) is 26.8 Å². The number of hydrogen-bond acceptors (Lipinski definition) is 3. The molecule has 1 unspecified atom stereocenters. The second-order valence-electron chi connectivity index (χ2n) is 5.86. The van der Waals surface area contributed by atoms with E-state index in [9.17, 15) is 4.79 Å². The van der Waals surface area contributed by atoms with Gasteiger partial charge >= 0.3 is 6.03 Å². The molecule has 1 aromatic carbocycles. The third-order valence-electron chi connectivity index (χ3n) is 3.33. The monoisotopic (exact) mass is 278 g/mol. The first-order valence-electron chi connectivity index (χ1n) is 6.87. The van der Waals surface area contributed by atoms with Gasteiger partial charge in [0, 0.05) is 12.0 Å². The summed E-state index contributed by atoms with van der Waals surface area (Å²) in [7, 11) is 0. The highest BCUT2D eigenvalue weighted by Crippen LogP contribution is 2.39. The van der Waals surface area contributed by atoms with Gasteiger partial charge in [0.2, 0.25) is 0 Å². The molecule has 0 bridgehead atoms. The SMILES string of the molecule is C[C@@H](CO)NC(=O)NC1CC(C)(C)Oc2ccccc21. The molecule has 2 atom stereocenters. The maximum absolute atomic E-state index is 11.9. The molecule has 0 radical (unpaired) electrons. The Morgan fingerprint density at radius 1 is 1.50 bits per heavy atom. The van der Waals surface area contributed by atoms with Crippen molar-refractivity contribution in [3.05, 3.63) is 29.8 Å². The maximum atomic E-state index is 11.9. The van der Waals surface area contributed by atoms with Gasteiger partial charge in [-0.25, -0.2) is 4.79 Å². The van der Waals surface area contributed by atoms with Crippen molar-refractivity contribution >= 4 is 6.03 Å². The molecule has 1 heterocycles. The molecule has 5 nitrogen and oxygen atoms in total. The van der Waals surface area contributed by atoms with Crippen LogP contribution in [-0.2, 0) is 0 Å². The number of ether oxygens (including phenoxy) is 1. The highest BCUT2D eigenvalue weighted by molar-refractivity contribution is 5.75. The van der Waals surface area contributed by atoms with E-state index in [1.54, 1.807) is 6.92 Å². The first-order chi connectivity index (χ1) is 9.41. The third kappa shape index (κ3) is 3.42. The van der Waals surface area contributed by atoms with E-state index in [1.807, 2.05) is 38.1 Å². The highest BCUT2D eigenvalue weighted by atomic mass is 16.5. The van der Waals surface area contributed by atoms with Crippen molar-refractivity contribution in [3.8, 4) is 5.75 Å². The molecule has 110 valence electrons. The van der Waals surface area contributed by atoms with Gasteiger partial charge < -0.3 is 20.5 Å². The van der Waals surface area contributed by atoms with Crippen LogP contribution in [0.25, 0.3) is 0 Å². The summed E-state index contributed by atoms with van der Waals surface area (Å²) < 4.78 is 5.92. The molecule has 20 heavy (non-hydrogen) atoms. The first-order valence-corrected chi connectivity index (χ1v) is 6.87. The highest BCUT2D eigenvalue weighted by Gasteiger charge is 2.34. The number of para-hydroxylation sites is 1. The normalized spacial score (nSPS) is 21.3. The molecule has 1 aliphatic rings. The molecular formula is C15H22N2O3. The zero-order valence-corrected chi connectivity index (χ0v) is 12.1. The average molecular weight is 278 g/mol. The first kappa shape index (κ1) is 14.7. The number of urea groups is 1. The van der Waals surface area contributed by atoms with Gasteiger partial charge in [-0.1, -0.05) is 18.2 Å². The Morgan fingerprint density at radius 3 is 2.90 bits per heavy atom. The van der Waals surface area contributed by atoms with E-state index in [4.69, 9.17) is 9.84 Å². The van der Waals surface area contributed by atoms with Crippen LogP contribution in [0.5, 0.6) is 5.75 Å². The number of benzene rings is 1. The van der Waals surface area contributed by atoms with Crippen LogP contribution in [0.1, 0.15) is 38.8 Å². The topological polar surface area (TPSA) is 70.6 Å². The molecule has 2 amide bonds. The van der Waals surface area contributed by atoms with E-state index in [1.165, 1.54) is 0 Å². The molecule has 0 spiro atoms. The standard InChI is InChI=1S/C15H22N2O3/c1-10(9-18)16-14(19)17-12-8-15(2,3)20-13-7-5-4-6-11(12)13/h4-7,10,12,18H,8-9H2,1-3H3,(H2,16,17,19)/t10-,12?/m0/s1. The number of carbonyl (C=O) groups excluding carboxylic acids is 1. The van der Waals surface area contributed by atoms with Gasteiger partial charge in [0.1, 0.15) is 11.4 Å². The number of fused-ring (bicyclic) bond motifs is 1. The number of carbonyl (C=O) groups is 1. The Labute approximate surface area is 119 Å². The van der Waals surface area contributed by atoms with Gasteiger partial charge in [0.15, 0.2) is 0 Å². The molecule has 2 rings (SSSR count). The van der Waals surface area contributed by atoms with Gasteiger partial charge in [0.05, 0.1) is 18.7 Å². The van der Waals surface area contributed by atoms with Gasteiger partial charge in [-0.2, -0.15) is 0 Å². The summed E-state index contributed by atoms with van der Waals surface area (Å²) in [6.07, 6.45) is 0.699. The second-order valence-corrected chi connectivity index (χ2v) is 5.86. The molecule has 0 aromatic heterocycles. The predicted molar refractivity (Wildman–Crippen MR) is 76.7 cm³/mol. The van der Waals surface area contributed by atoms with Crippen LogP contribution in [0.2, 0.25) is 0 Å². The number of aliphatic hydroxyl groups excluding tert-OH is 1. The van der Waals surface area contributed by atoms with Gasteiger partial charge in [-0.3, -0.25) is 0 Å². The quantitative estimate of drug-likeness (QED) is 0.791. The lowest BCUT2D eigenvalue weighted by Crippen LogP contribution is -2.47. The van der Waals surface area contributed by atoms with Gasteiger partial charge in [-0.15, -0.1) is 0 Å². The van der Waals surface area contributed by atoms with Crippen LogP contribution in [0.3, 0.4) is 0 Å². The Kier molecular flexibility index (Phi) is 4.18. The average Bonchev–Trinajstić information content (AvgIpc) is 2.37. The Hall–Kier alpha value is -1.75. The lowest BCUT2D eigenvalue weighted by Gasteiger charge is -2.37. The molecule has 5 heteroatoms. The van der Waals surface area contributed by atoms with Crippen molar-refractivity contribution in [2.24, 2.45) is 0 Å². The van der Waals surface area contributed by atoms with Crippen molar-refractivity contribution in [1.82, 2.24) is 10.6 Å². The largest absolute Gasteiger partial charge is 0.487 e. The fourth-order valence-electron chi connectivity index (χ4n) is 2.40. The second kappa shape index (κ2) is 5.71. The minimum Gasteiger partial charge on any atom is -0.487 e. The predicted octanol–water partition coefficient (Wildman–Crippen LogP) is 1.97. The van der Waals surface area contributed by atoms with Crippen molar-refractivity contribution in [2.45, 2.75) is 44.9 Å². The summed E-state index contributed by atoms with van der Waals surface area (Å²) in [4.78, 5) is 11.9. The number of aliphatic hydroxyl groups is 1. The number of amides is 2. The third-order valence-corrected chi connectivity index (χ3v) is 3.33. The molecule has 0 aliphatic carbocycles. The van der Waals surface area contributed by atoms with E-state index < -0.39 is 0 Å². The van der Waals surface area contributed by atoms with Crippen LogP contribution >= 0.6 is 0 Å². The zero-order valence-electron chi connectivity index (χ0n) is 12.1. The lowest BCUT2D eigenvalue weighted by atomic mass is 9.90. The van der Waals surface area contributed by atoms with E-state index >= 15 is 0 Å². The minimum atomic E-state index is -0.325. The molecule has 3 N–H and O–H groups in total. The summed E-state index contributed by atoms with van der Waals surface area (Å²) in [5.41, 5.74) is 0.660. The molecule has 0 saturated carbocycles. The number of hydrogen-bond donors (Lipinski definition) is 3. The van der Waals surface area contributed by atoms with Crippen LogP contribution < -0.4 is 15.4 Å². The van der Waals surface area contributed by atoms with Crippen LogP contribution in [0.15, 0.2) is 24.3 Å². The summed E-state index contributed by atoms with van der Waals surface area (Å²) in [6, 6.07) is 7.10. The molecule has 0 saturated heterocycles. The van der Waals surface area contributed by atoms with Crippen LogP contribution in [0, 0.1) is 0 Å². The van der Waals surface area contributed by atoms with Crippen molar-refractivity contribution < 1.29 is 14.6 Å². The minimum absolute atomic E-state index is 0.0801. The summed E-state index contributed by atoms with van der Waals surface area (Å²) in [6.45, 7) is 5.68. The summed E-state index contributed by atoms with van der Waals surface area (Å²) >= 11 is 0. The molecule has 1 aromatic rings. The fraction of sp³-hybridized carbons (Fsp3) is 0.533. The fourth-order valence-corrected chi connectivity index (χ4v) is 2.40.